The van der Waals surface area contributed by atoms with Crippen LogP contribution in [0.5, 0.6) is 0 Å². The molecule has 5 rings (SSSR count). The van der Waals surface area contributed by atoms with Crippen molar-refractivity contribution in [3.05, 3.63) is 57.8 Å². The minimum Gasteiger partial charge on any atom is -0.461 e. The van der Waals surface area contributed by atoms with E-state index in [9.17, 15) is 4.79 Å². The summed E-state index contributed by atoms with van der Waals surface area (Å²) in [5.74, 6) is 0.917. The molecule has 7 nitrogen and oxygen atoms in total. The van der Waals surface area contributed by atoms with E-state index in [0.717, 1.165) is 40.3 Å². The number of carbonyl (C=O) groups excluding carboxylic acids is 1. The first kappa shape index (κ1) is 20.9. The maximum atomic E-state index is 13.3. The van der Waals surface area contributed by atoms with Gasteiger partial charge in [0, 0.05) is 23.5 Å². The number of anilines is 2. The third-order valence-electron chi connectivity index (χ3n) is 5.48. The fourth-order valence-corrected chi connectivity index (χ4v) is 5.24. The minimum absolute atomic E-state index is 0.193. The van der Waals surface area contributed by atoms with E-state index >= 15 is 0 Å². The van der Waals surface area contributed by atoms with E-state index in [4.69, 9.17) is 20.8 Å². The van der Waals surface area contributed by atoms with Crippen LogP contribution in [-0.2, 0) is 4.74 Å². The molecule has 4 aromatic rings. The van der Waals surface area contributed by atoms with Crippen LogP contribution in [0.1, 0.15) is 20.9 Å². The fraction of sp³-hybridized carbons (Fsp3) is 0.261. The van der Waals surface area contributed by atoms with Gasteiger partial charge in [0.1, 0.15) is 4.83 Å². The number of benzene rings is 1. The summed E-state index contributed by atoms with van der Waals surface area (Å²) in [6, 6.07) is 9.18. The van der Waals surface area contributed by atoms with Gasteiger partial charge in [-0.3, -0.25) is 4.79 Å². The number of furan rings is 1. The van der Waals surface area contributed by atoms with E-state index < -0.39 is 0 Å². The molecule has 1 fully saturated rings. The lowest BCUT2D eigenvalue weighted by molar-refractivity contribution is 0.103. The van der Waals surface area contributed by atoms with Crippen LogP contribution in [0.4, 0.5) is 11.4 Å². The number of morpholine rings is 1. The first-order chi connectivity index (χ1) is 15.5. The van der Waals surface area contributed by atoms with Gasteiger partial charge in [0.25, 0.3) is 5.91 Å². The van der Waals surface area contributed by atoms with E-state index in [1.54, 1.807) is 18.4 Å². The standard InChI is InChI=1S/C23H21ClN4O3S/c1-13-19-14(2)25-21(18-4-3-9-31-18)27-23(19)32-20(13)22(29)26-16-12-15(24)5-6-17(16)28-7-10-30-11-8-28/h3-6,9,12H,7-8,10-11H2,1-2H3,(H,26,29). The van der Waals surface area contributed by atoms with Crippen LogP contribution in [0.15, 0.2) is 41.0 Å². The predicted molar refractivity (Wildman–Crippen MR) is 127 cm³/mol. The van der Waals surface area contributed by atoms with Crippen LogP contribution in [0.2, 0.25) is 5.02 Å². The van der Waals surface area contributed by atoms with Crippen molar-refractivity contribution in [2.75, 3.05) is 36.5 Å². The molecule has 0 spiro atoms. The Hall–Kier alpha value is -2.94. The average molecular weight is 469 g/mol. The lowest BCUT2D eigenvalue weighted by Crippen LogP contribution is -2.36. The molecule has 1 amide bonds. The van der Waals surface area contributed by atoms with Crippen LogP contribution in [0, 0.1) is 13.8 Å². The van der Waals surface area contributed by atoms with Crippen LogP contribution in [0.25, 0.3) is 21.8 Å². The molecule has 0 radical (unpaired) electrons. The predicted octanol–water partition coefficient (Wildman–Crippen LogP) is 5.31. The van der Waals surface area contributed by atoms with Gasteiger partial charge in [0.2, 0.25) is 0 Å². The van der Waals surface area contributed by atoms with Gasteiger partial charge in [-0.1, -0.05) is 11.6 Å². The number of aryl methyl sites for hydroxylation is 2. The van der Waals surface area contributed by atoms with Crippen molar-refractivity contribution in [3.63, 3.8) is 0 Å². The summed E-state index contributed by atoms with van der Waals surface area (Å²) in [5, 5.41) is 4.53. The lowest BCUT2D eigenvalue weighted by atomic mass is 10.1. The smallest absolute Gasteiger partial charge is 0.266 e. The Morgan fingerprint density at radius 2 is 2.00 bits per heavy atom. The molecule has 1 N–H and O–H groups in total. The number of hydrogen-bond donors (Lipinski definition) is 1. The molecule has 1 aromatic carbocycles. The molecule has 164 valence electrons. The average Bonchev–Trinajstić information content (AvgIpc) is 3.43. The van der Waals surface area contributed by atoms with Gasteiger partial charge < -0.3 is 19.4 Å². The number of aromatic nitrogens is 2. The molecule has 1 saturated heterocycles. The van der Waals surface area contributed by atoms with Crippen molar-refractivity contribution in [2.45, 2.75) is 13.8 Å². The lowest BCUT2D eigenvalue weighted by Gasteiger charge is -2.30. The van der Waals surface area contributed by atoms with Gasteiger partial charge >= 0.3 is 0 Å². The largest absolute Gasteiger partial charge is 0.461 e. The molecule has 0 bridgehead atoms. The molecule has 0 unspecified atom stereocenters. The summed E-state index contributed by atoms with van der Waals surface area (Å²) in [7, 11) is 0. The van der Waals surface area contributed by atoms with Gasteiger partial charge in [0.15, 0.2) is 11.6 Å². The highest BCUT2D eigenvalue weighted by Crippen LogP contribution is 2.35. The maximum Gasteiger partial charge on any atom is 0.266 e. The second kappa shape index (κ2) is 8.54. The van der Waals surface area contributed by atoms with E-state index in [0.29, 0.717) is 40.4 Å². The van der Waals surface area contributed by atoms with Crippen molar-refractivity contribution in [1.29, 1.82) is 0 Å². The summed E-state index contributed by atoms with van der Waals surface area (Å²) in [5.41, 5.74) is 3.29. The highest BCUT2D eigenvalue weighted by Gasteiger charge is 2.22. The van der Waals surface area contributed by atoms with Crippen LogP contribution in [0.3, 0.4) is 0 Å². The molecule has 9 heteroatoms. The number of thiophene rings is 1. The third-order valence-corrected chi connectivity index (χ3v) is 6.90. The number of halogens is 1. The first-order valence-corrected chi connectivity index (χ1v) is 11.5. The monoisotopic (exact) mass is 468 g/mol. The van der Waals surface area contributed by atoms with E-state index in [1.165, 1.54) is 11.3 Å². The van der Waals surface area contributed by atoms with Gasteiger partial charge in [-0.2, -0.15) is 0 Å². The number of hydrogen-bond acceptors (Lipinski definition) is 7. The molecular formula is C23H21ClN4O3S. The van der Waals surface area contributed by atoms with Crippen LogP contribution >= 0.6 is 22.9 Å². The van der Waals surface area contributed by atoms with Crippen molar-refractivity contribution >= 4 is 50.4 Å². The Kier molecular flexibility index (Phi) is 5.58. The number of fused-ring (bicyclic) bond motifs is 1. The van der Waals surface area contributed by atoms with E-state index in [2.05, 4.69) is 20.2 Å². The zero-order valence-corrected chi connectivity index (χ0v) is 19.2. The summed E-state index contributed by atoms with van der Waals surface area (Å²) in [6.07, 6.45) is 1.59. The molecule has 1 aliphatic heterocycles. The number of nitrogens with zero attached hydrogens (tertiary/aromatic N) is 3. The Morgan fingerprint density at radius 1 is 1.19 bits per heavy atom. The van der Waals surface area contributed by atoms with Gasteiger partial charge in [0.05, 0.1) is 41.4 Å². The van der Waals surface area contributed by atoms with Crippen molar-refractivity contribution < 1.29 is 13.9 Å². The molecular weight excluding hydrogens is 448 g/mol. The molecule has 0 aliphatic carbocycles. The molecule has 32 heavy (non-hydrogen) atoms. The number of ether oxygens (including phenoxy) is 1. The number of nitrogens with one attached hydrogen (secondary N) is 1. The second-order valence-electron chi connectivity index (χ2n) is 7.56. The van der Waals surface area contributed by atoms with E-state index in [1.807, 2.05) is 32.0 Å². The van der Waals surface area contributed by atoms with E-state index in [-0.39, 0.29) is 5.91 Å². The first-order valence-electron chi connectivity index (χ1n) is 10.3. The van der Waals surface area contributed by atoms with Crippen LogP contribution < -0.4 is 10.2 Å². The summed E-state index contributed by atoms with van der Waals surface area (Å²) < 4.78 is 10.9. The molecule has 1 aliphatic rings. The normalized spacial score (nSPS) is 14.2. The van der Waals surface area contributed by atoms with Crippen molar-refractivity contribution in [3.8, 4) is 11.6 Å². The SMILES string of the molecule is Cc1nc(-c2ccco2)nc2sc(C(=O)Nc3cc(Cl)ccc3N3CCOCC3)c(C)c12. The Balaban J connectivity index is 1.50. The number of amides is 1. The van der Waals surface area contributed by atoms with Crippen molar-refractivity contribution in [2.24, 2.45) is 0 Å². The Labute approximate surface area is 194 Å². The Morgan fingerprint density at radius 3 is 2.75 bits per heavy atom. The zero-order valence-electron chi connectivity index (χ0n) is 17.6. The number of carbonyl (C=O) groups is 1. The maximum absolute atomic E-state index is 13.3. The molecule has 0 atom stereocenters. The zero-order chi connectivity index (χ0) is 22.2. The molecule has 4 heterocycles. The van der Waals surface area contributed by atoms with Crippen molar-refractivity contribution in [1.82, 2.24) is 9.97 Å². The van der Waals surface area contributed by atoms with Gasteiger partial charge in [-0.05, 0) is 49.7 Å². The quantitative estimate of drug-likeness (QED) is 0.437. The minimum atomic E-state index is -0.193. The molecule has 3 aromatic heterocycles. The number of rotatable bonds is 4. The summed E-state index contributed by atoms with van der Waals surface area (Å²) in [4.78, 5) is 26.1. The topological polar surface area (TPSA) is 80.5 Å². The molecule has 0 saturated carbocycles. The summed E-state index contributed by atoms with van der Waals surface area (Å²) in [6.45, 7) is 6.68. The highest BCUT2D eigenvalue weighted by molar-refractivity contribution is 7.20. The fourth-order valence-electron chi connectivity index (χ4n) is 3.94. The van der Waals surface area contributed by atoms with Crippen LogP contribution in [-0.4, -0.2) is 42.2 Å². The Bertz CT molecular complexity index is 1300. The highest BCUT2D eigenvalue weighted by atomic mass is 35.5. The third kappa shape index (κ3) is 3.85. The summed E-state index contributed by atoms with van der Waals surface area (Å²) >= 11 is 7.60. The van der Waals surface area contributed by atoms with Gasteiger partial charge in [-0.15, -0.1) is 11.3 Å². The van der Waals surface area contributed by atoms with Gasteiger partial charge in [-0.25, -0.2) is 9.97 Å². The second-order valence-corrected chi connectivity index (χ2v) is 9.00.